The molecular formula is C47H56F2N6O4S. The Bertz CT molecular complexity index is 2410. The summed E-state index contributed by atoms with van der Waals surface area (Å²) in [5, 5.41) is 0.381. The number of aryl methyl sites for hydroxylation is 2. The number of likely N-dealkylation sites (tertiary alicyclic amines) is 1. The number of aromatic nitrogens is 2. The zero-order valence-electron chi connectivity index (χ0n) is 34.7. The fourth-order valence-electron chi connectivity index (χ4n) is 8.62. The van der Waals surface area contributed by atoms with Crippen molar-refractivity contribution in [3.8, 4) is 11.1 Å². The van der Waals surface area contributed by atoms with Gasteiger partial charge in [-0.25, -0.2) is 17.2 Å². The SMILES string of the molecule is CCN(CC)CCN1CCC(N(Cc2ccc(-c3ccc(S(=O)(=O)N4CCCCC4)cc3)cc2)C(=O)Cn2c(CCc3cccc(F)c3F)nc(=O)c3ccccc32)CC1. The molecule has 0 radical (unpaired) electrons. The minimum atomic E-state index is -3.53. The first-order chi connectivity index (χ1) is 29.0. The Morgan fingerprint density at radius 1 is 0.800 bits per heavy atom. The average Bonchev–Trinajstić information content (AvgIpc) is 3.28. The van der Waals surface area contributed by atoms with Gasteiger partial charge in [0.05, 0.1) is 15.8 Å². The zero-order chi connectivity index (χ0) is 42.2. The van der Waals surface area contributed by atoms with Crippen LogP contribution in [0.15, 0.2) is 101 Å². The molecule has 0 bridgehead atoms. The largest absolute Gasteiger partial charge is 0.334 e. The molecule has 7 rings (SSSR count). The molecule has 0 aliphatic carbocycles. The van der Waals surface area contributed by atoms with Crippen LogP contribution in [0.5, 0.6) is 0 Å². The van der Waals surface area contributed by atoms with Gasteiger partial charge in [-0.3, -0.25) is 9.59 Å². The molecule has 0 unspecified atom stereocenters. The number of carbonyl (C=O) groups is 1. The van der Waals surface area contributed by atoms with Gasteiger partial charge in [-0.2, -0.15) is 9.29 Å². The van der Waals surface area contributed by atoms with E-state index in [1.54, 1.807) is 39.2 Å². The maximum absolute atomic E-state index is 14.8. The lowest BCUT2D eigenvalue weighted by Gasteiger charge is -2.39. The van der Waals surface area contributed by atoms with Gasteiger partial charge in [-0.05, 0) is 97.8 Å². The topological polar surface area (TPSA) is 99.1 Å². The lowest BCUT2D eigenvalue weighted by molar-refractivity contribution is -0.136. The number of amides is 1. The zero-order valence-corrected chi connectivity index (χ0v) is 35.6. The summed E-state index contributed by atoms with van der Waals surface area (Å²) in [5.74, 6) is -1.66. The van der Waals surface area contributed by atoms with E-state index in [-0.39, 0.29) is 36.9 Å². The van der Waals surface area contributed by atoms with Crippen molar-refractivity contribution in [3.05, 3.63) is 130 Å². The van der Waals surface area contributed by atoms with E-state index in [9.17, 15) is 26.8 Å². The first kappa shape index (κ1) is 43.3. The third-order valence-corrected chi connectivity index (χ3v) is 14.2. The second-order valence-corrected chi connectivity index (χ2v) is 17.9. The molecule has 318 valence electrons. The third kappa shape index (κ3) is 10.0. The quantitative estimate of drug-likeness (QED) is 0.104. The Hall–Kier alpha value is -4.82. The minimum absolute atomic E-state index is 0.0280. The molecule has 0 saturated carbocycles. The highest BCUT2D eigenvalue weighted by Crippen LogP contribution is 2.27. The predicted molar refractivity (Wildman–Crippen MR) is 232 cm³/mol. The molecule has 10 nitrogen and oxygen atoms in total. The number of likely N-dealkylation sites (N-methyl/N-ethyl adjacent to an activating group) is 1. The van der Waals surface area contributed by atoms with E-state index < -0.39 is 27.2 Å². The highest BCUT2D eigenvalue weighted by molar-refractivity contribution is 7.89. The summed E-state index contributed by atoms with van der Waals surface area (Å²) in [5.41, 5.74) is 3.08. The van der Waals surface area contributed by atoms with Crippen LogP contribution in [0.25, 0.3) is 22.0 Å². The lowest BCUT2D eigenvalue weighted by Crippen LogP contribution is -2.49. The number of carbonyl (C=O) groups excluding carboxylic acids is 1. The number of rotatable bonds is 16. The van der Waals surface area contributed by atoms with Crippen molar-refractivity contribution >= 4 is 26.8 Å². The highest BCUT2D eigenvalue weighted by atomic mass is 32.2. The van der Waals surface area contributed by atoms with Crippen molar-refractivity contribution in [2.45, 2.75) is 82.8 Å². The number of benzene rings is 4. The van der Waals surface area contributed by atoms with Crippen molar-refractivity contribution in [3.63, 3.8) is 0 Å². The second kappa shape index (κ2) is 19.7. The average molecular weight is 839 g/mol. The van der Waals surface area contributed by atoms with Crippen LogP contribution in [0.1, 0.15) is 62.9 Å². The van der Waals surface area contributed by atoms with Crippen molar-refractivity contribution in [1.29, 1.82) is 0 Å². The van der Waals surface area contributed by atoms with Gasteiger partial charge in [0.25, 0.3) is 5.56 Å². The van der Waals surface area contributed by atoms with E-state index >= 15 is 0 Å². The minimum Gasteiger partial charge on any atom is -0.334 e. The van der Waals surface area contributed by atoms with Crippen LogP contribution in [0.4, 0.5) is 8.78 Å². The molecule has 2 saturated heterocycles. The molecule has 0 spiro atoms. The molecule has 2 aliphatic rings. The summed E-state index contributed by atoms with van der Waals surface area (Å²) < 4.78 is 58.6. The van der Waals surface area contributed by atoms with Crippen molar-refractivity contribution in [2.24, 2.45) is 0 Å². The molecule has 2 fully saturated rings. The molecule has 3 heterocycles. The van der Waals surface area contributed by atoms with E-state index in [1.165, 1.54) is 12.1 Å². The molecule has 2 aliphatic heterocycles. The summed E-state index contributed by atoms with van der Waals surface area (Å²) in [4.78, 5) is 39.5. The van der Waals surface area contributed by atoms with Crippen molar-refractivity contribution in [2.75, 3.05) is 52.4 Å². The van der Waals surface area contributed by atoms with Crippen molar-refractivity contribution in [1.82, 2.24) is 28.6 Å². The third-order valence-electron chi connectivity index (χ3n) is 12.3. The first-order valence-electron chi connectivity index (χ1n) is 21.4. The Morgan fingerprint density at radius 3 is 2.15 bits per heavy atom. The molecule has 0 N–H and O–H groups in total. The maximum atomic E-state index is 14.8. The molecule has 0 atom stereocenters. The Balaban J connectivity index is 1.13. The number of hydrogen-bond donors (Lipinski definition) is 0. The highest BCUT2D eigenvalue weighted by Gasteiger charge is 2.30. The summed E-state index contributed by atoms with van der Waals surface area (Å²) in [7, 11) is -3.53. The van der Waals surface area contributed by atoms with Gasteiger partial charge in [0.15, 0.2) is 11.6 Å². The van der Waals surface area contributed by atoms with Gasteiger partial charge >= 0.3 is 0 Å². The van der Waals surface area contributed by atoms with Gasteiger partial charge in [0, 0.05) is 58.3 Å². The normalized spacial score (nSPS) is 15.8. The molecule has 60 heavy (non-hydrogen) atoms. The summed E-state index contributed by atoms with van der Waals surface area (Å²) in [6, 6.07) is 26.2. The Labute approximate surface area is 352 Å². The Kier molecular flexibility index (Phi) is 14.2. The number of para-hydroxylation sites is 1. The molecule has 1 amide bonds. The van der Waals surface area contributed by atoms with Gasteiger partial charge in [-0.1, -0.05) is 80.9 Å². The number of piperidine rings is 2. The van der Waals surface area contributed by atoms with Gasteiger partial charge < -0.3 is 19.3 Å². The maximum Gasteiger partial charge on any atom is 0.280 e. The van der Waals surface area contributed by atoms with Gasteiger partial charge in [0.1, 0.15) is 12.4 Å². The van der Waals surface area contributed by atoms with E-state index in [4.69, 9.17) is 0 Å². The fraction of sp³-hybridized carbons (Fsp3) is 0.426. The molecule has 5 aromatic rings. The van der Waals surface area contributed by atoms with E-state index in [0.717, 1.165) is 94.1 Å². The summed E-state index contributed by atoms with van der Waals surface area (Å²) >= 11 is 0. The van der Waals surface area contributed by atoms with Crippen LogP contribution in [0.2, 0.25) is 0 Å². The van der Waals surface area contributed by atoms with E-state index in [1.807, 2.05) is 47.4 Å². The van der Waals surface area contributed by atoms with Crippen LogP contribution in [0.3, 0.4) is 0 Å². The van der Waals surface area contributed by atoms with Crippen molar-refractivity contribution < 1.29 is 22.0 Å². The van der Waals surface area contributed by atoms with E-state index in [0.29, 0.717) is 41.3 Å². The summed E-state index contributed by atoms with van der Waals surface area (Å²) in [6.45, 7) is 11.5. The number of hydrogen-bond acceptors (Lipinski definition) is 7. The predicted octanol–water partition coefficient (Wildman–Crippen LogP) is 7.14. The van der Waals surface area contributed by atoms with Crippen LogP contribution in [-0.4, -0.2) is 101 Å². The second-order valence-electron chi connectivity index (χ2n) is 16.0. The number of nitrogens with zero attached hydrogens (tertiary/aromatic N) is 6. The smallest absolute Gasteiger partial charge is 0.280 e. The van der Waals surface area contributed by atoms with Gasteiger partial charge in [-0.15, -0.1) is 0 Å². The van der Waals surface area contributed by atoms with Crippen LogP contribution < -0.4 is 5.56 Å². The monoisotopic (exact) mass is 838 g/mol. The van der Waals surface area contributed by atoms with E-state index in [2.05, 4.69) is 28.6 Å². The standard InChI is InChI=1S/C47H56F2N6O4S/c1-3-51(4-2)31-32-52-29-25-39(26-30-52)54(33-35-15-17-36(18-16-35)37-19-22-40(23-20-37)60(58,59)53-27-8-5-9-28-53)45(56)34-55-43-14-7-6-12-41(43)47(57)50-44(55)24-21-38-11-10-13-42(48)46(38)49/h6-7,10-20,22-23,39H,3-5,8-9,21,24-34H2,1-2H3. The summed E-state index contributed by atoms with van der Waals surface area (Å²) in [6.07, 6.45) is 4.66. The Morgan fingerprint density at radius 2 is 1.47 bits per heavy atom. The molecule has 4 aromatic carbocycles. The first-order valence-corrected chi connectivity index (χ1v) is 22.8. The van der Waals surface area contributed by atoms with Crippen LogP contribution in [-0.2, 0) is 40.7 Å². The lowest BCUT2D eigenvalue weighted by atomic mass is 10.0. The van der Waals surface area contributed by atoms with Gasteiger partial charge in [0.2, 0.25) is 15.9 Å². The molecule has 1 aromatic heterocycles. The molecule has 13 heteroatoms. The number of halogens is 2. The fourth-order valence-corrected chi connectivity index (χ4v) is 10.1. The number of fused-ring (bicyclic) bond motifs is 1. The van der Waals surface area contributed by atoms with Crippen LogP contribution >= 0.6 is 0 Å². The molecular weight excluding hydrogens is 783 g/mol. The van der Waals surface area contributed by atoms with Crippen LogP contribution in [0, 0.1) is 11.6 Å². The number of sulfonamides is 1.